The van der Waals surface area contributed by atoms with Crippen molar-refractivity contribution in [3.05, 3.63) is 33.8 Å². The second-order valence-corrected chi connectivity index (χ2v) is 4.84. The van der Waals surface area contributed by atoms with Crippen LogP contribution in [0.15, 0.2) is 18.2 Å². The second-order valence-electron chi connectivity index (χ2n) is 4.02. The minimum atomic E-state index is -0.127. The van der Waals surface area contributed by atoms with Gasteiger partial charge in [-0.1, -0.05) is 23.2 Å². The minimum Gasteiger partial charge on any atom is -0.376 e. The number of hydrogen-bond acceptors (Lipinski definition) is 3. The second kappa shape index (κ2) is 7.74. The Morgan fingerprint density at radius 3 is 2.56 bits per heavy atom. The van der Waals surface area contributed by atoms with E-state index in [2.05, 4.69) is 0 Å². The van der Waals surface area contributed by atoms with E-state index in [1.165, 1.54) is 0 Å². The fourth-order valence-electron chi connectivity index (χ4n) is 1.26. The average Bonchev–Trinajstić information content (AvgIpc) is 2.31. The lowest BCUT2D eigenvalue weighted by molar-refractivity contribution is 0.0208. The molecule has 0 aromatic heterocycles. The molecule has 0 spiro atoms. The fraction of sp³-hybridized carbons (Fsp3) is 0.462. The van der Waals surface area contributed by atoms with Gasteiger partial charge in [0.25, 0.3) is 0 Å². The zero-order valence-corrected chi connectivity index (χ0v) is 11.9. The summed E-state index contributed by atoms with van der Waals surface area (Å²) in [6, 6.07) is 4.77. The molecule has 18 heavy (non-hydrogen) atoms. The molecule has 0 aliphatic heterocycles. The van der Waals surface area contributed by atoms with E-state index < -0.39 is 0 Å². The first-order valence-corrected chi connectivity index (χ1v) is 6.44. The van der Waals surface area contributed by atoms with E-state index in [1.807, 2.05) is 13.8 Å². The Morgan fingerprint density at radius 1 is 1.22 bits per heavy atom. The van der Waals surface area contributed by atoms with E-state index in [1.54, 1.807) is 18.2 Å². The summed E-state index contributed by atoms with van der Waals surface area (Å²) in [6.07, 6.45) is 0.166. The van der Waals surface area contributed by atoms with Gasteiger partial charge in [0.15, 0.2) is 5.78 Å². The Bertz CT molecular complexity index is 405. The van der Waals surface area contributed by atoms with Crippen LogP contribution in [0.1, 0.15) is 24.2 Å². The van der Waals surface area contributed by atoms with Crippen molar-refractivity contribution in [2.24, 2.45) is 0 Å². The topological polar surface area (TPSA) is 35.5 Å². The molecule has 1 aromatic rings. The maximum atomic E-state index is 11.7. The lowest BCUT2D eigenvalue weighted by atomic mass is 10.1. The number of Topliss-reactive ketones (excluding diaryl/α,β-unsaturated/α-hetero) is 1. The fourth-order valence-corrected chi connectivity index (χ4v) is 1.56. The van der Waals surface area contributed by atoms with Crippen molar-refractivity contribution in [2.45, 2.75) is 20.0 Å². The first kappa shape index (κ1) is 15.4. The number of carbonyl (C=O) groups excluding carboxylic acids is 1. The van der Waals surface area contributed by atoms with Crippen LogP contribution in [0.4, 0.5) is 0 Å². The molecule has 0 aliphatic rings. The summed E-state index contributed by atoms with van der Waals surface area (Å²) in [7, 11) is 0. The Kier molecular flexibility index (Phi) is 6.65. The first-order chi connectivity index (χ1) is 8.50. The summed E-state index contributed by atoms with van der Waals surface area (Å²) in [4.78, 5) is 11.7. The molecule has 0 atom stereocenters. The van der Waals surface area contributed by atoms with E-state index >= 15 is 0 Å². The first-order valence-electron chi connectivity index (χ1n) is 5.68. The summed E-state index contributed by atoms with van der Waals surface area (Å²) in [5.74, 6) is -0.127. The average molecular weight is 291 g/mol. The summed E-state index contributed by atoms with van der Waals surface area (Å²) in [5, 5.41) is 0.796. The van der Waals surface area contributed by atoms with Gasteiger partial charge in [-0.2, -0.15) is 0 Å². The minimum absolute atomic E-state index is 0.0133. The molecule has 0 heterocycles. The molecule has 0 saturated heterocycles. The number of rotatable bonds is 7. The molecular formula is C13H16Cl2O3. The number of ether oxygens (including phenoxy) is 2. The maximum Gasteiger partial charge on any atom is 0.188 e. The highest BCUT2D eigenvalue weighted by atomic mass is 35.5. The summed E-state index contributed by atoms with van der Waals surface area (Å²) in [5.41, 5.74) is 0.495. The summed E-state index contributed by atoms with van der Waals surface area (Å²) < 4.78 is 10.5. The molecule has 5 heteroatoms. The van der Waals surface area contributed by atoms with Crippen LogP contribution >= 0.6 is 23.2 Å². The van der Waals surface area contributed by atoms with E-state index in [9.17, 15) is 4.79 Å². The highest BCUT2D eigenvalue weighted by molar-refractivity contribution is 6.42. The van der Waals surface area contributed by atoms with E-state index in [-0.39, 0.29) is 18.5 Å². The van der Waals surface area contributed by atoms with Crippen LogP contribution in [0.2, 0.25) is 10.0 Å². The van der Waals surface area contributed by atoms with Crippen LogP contribution in [0.25, 0.3) is 0 Å². The zero-order valence-electron chi connectivity index (χ0n) is 10.4. The van der Waals surface area contributed by atoms with Crippen molar-refractivity contribution in [1.82, 2.24) is 0 Å². The number of hydrogen-bond donors (Lipinski definition) is 0. The van der Waals surface area contributed by atoms with Crippen LogP contribution in [0.5, 0.6) is 0 Å². The van der Waals surface area contributed by atoms with Crippen LogP contribution in [-0.4, -0.2) is 31.7 Å². The molecule has 1 rings (SSSR count). The Labute approximate surface area is 117 Å². The number of benzene rings is 1. The molecule has 0 amide bonds. The van der Waals surface area contributed by atoms with Crippen LogP contribution in [0.3, 0.4) is 0 Å². The predicted octanol–water partition coefficient (Wildman–Crippen LogP) is 3.62. The van der Waals surface area contributed by atoms with Gasteiger partial charge in [-0.25, -0.2) is 0 Å². The molecule has 0 fully saturated rings. The number of ketones is 1. The predicted molar refractivity (Wildman–Crippen MR) is 72.7 cm³/mol. The summed E-state index contributed by atoms with van der Waals surface area (Å²) >= 11 is 11.6. The molecular weight excluding hydrogens is 275 g/mol. The lowest BCUT2D eigenvalue weighted by Crippen LogP contribution is -2.14. The van der Waals surface area contributed by atoms with Crippen molar-refractivity contribution in [3.63, 3.8) is 0 Å². The third-order valence-electron chi connectivity index (χ3n) is 2.15. The molecule has 0 saturated carbocycles. The van der Waals surface area contributed by atoms with Gasteiger partial charge in [-0.05, 0) is 32.0 Å². The van der Waals surface area contributed by atoms with Gasteiger partial charge in [0.1, 0.15) is 6.61 Å². The van der Waals surface area contributed by atoms with Gasteiger partial charge in [0, 0.05) is 5.56 Å². The number of carbonyl (C=O) groups is 1. The molecule has 0 radical (unpaired) electrons. The van der Waals surface area contributed by atoms with Gasteiger partial charge in [0.05, 0.1) is 29.4 Å². The largest absolute Gasteiger partial charge is 0.376 e. The third-order valence-corrected chi connectivity index (χ3v) is 2.89. The molecule has 0 aliphatic carbocycles. The highest BCUT2D eigenvalue weighted by Crippen LogP contribution is 2.22. The van der Waals surface area contributed by atoms with Crippen molar-refractivity contribution < 1.29 is 14.3 Å². The molecule has 3 nitrogen and oxygen atoms in total. The van der Waals surface area contributed by atoms with Gasteiger partial charge >= 0.3 is 0 Å². The lowest BCUT2D eigenvalue weighted by Gasteiger charge is -2.08. The standard InChI is InChI=1S/C13H16Cl2O3/c1-9(2)18-6-5-17-8-13(16)10-3-4-11(14)12(15)7-10/h3-4,7,9H,5-6,8H2,1-2H3. The smallest absolute Gasteiger partial charge is 0.188 e. The Balaban J connectivity index is 2.34. The Hall–Kier alpha value is -0.610. The van der Waals surface area contributed by atoms with Crippen molar-refractivity contribution in [2.75, 3.05) is 19.8 Å². The highest BCUT2D eigenvalue weighted by Gasteiger charge is 2.08. The molecule has 100 valence electrons. The van der Waals surface area contributed by atoms with E-state index in [4.69, 9.17) is 32.7 Å². The van der Waals surface area contributed by atoms with E-state index in [0.717, 1.165) is 0 Å². The number of halogens is 2. The molecule has 1 aromatic carbocycles. The monoisotopic (exact) mass is 290 g/mol. The van der Waals surface area contributed by atoms with E-state index in [0.29, 0.717) is 28.8 Å². The molecule has 0 unspecified atom stereocenters. The van der Waals surface area contributed by atoms with Crippen molar-refractivity contribution in [1.29, 1.82) is 0 Å². The van der Waals surface area contributed by atoms with Gasteiger partial charge in [-0.15, -0.1) is 0 Å². The normalized spacial score (nSPS) is 10.9. The van der Waals surface area contributed by atoms with Gasteiger partial charge < -0.3 is 9.47 Å². The molecule has 0 bridgehead atoms. The van der Waals surface area contributed by atoms with Gasteiger partial charge in [0.2, 0.25) is 0 Å². The van der Waals surface area contributed by atoms with Crippen LogP contribution in [-0.2, 0) is 9.47 Å². The van der Waals surface area contributed by atoms with Crippen molar-refractivity contribution >= 4 is 29.0 Å². The third kappa shape index (κ3) is 5.36. The summed E-state index contributed by atoms with van der Waals surface area (Å²) in [6.45, 7) is 4.78. The molecule has 0 N–H and O–H groups in total. The maximum absolute atomic E-state index is 11.7. The van der Waals surface area contributed by atoms with Crippen molar-refractivity contribution in [3.8, 4) is 0 Å². The Morgan fingerprint density at radius 2 is 1.94 bits per heavy atom. The van der Waals surface area contributed by atoms with Crippen LogP contribution in [0, 0.1) is 0 Å². The quantitative estimate of drug-likeness (QED) is 0.568. The van der Waals surface area contributed by atoms with Gasteiger partial charge in [-0.3, -0.25) is 4.79 Å². The zero-order chi connectivity index (χ0) is 13.5. The van der Waals surface area contributed by atoms with Crippen LogP contribution < -0.4 is 0 Å². The SMILES string of the molecule is CC(C)OCCOCC(=O)c1ccc(Cl)c(Cl)c1.